The van der Waals surface area contributed by atoms with Crippen molar-refractivity contribution >= 4 is 30.1 Å². The molecule has 4 atom stereocenters. The van der Waals surface area contributed by atoms with Crippen LogP contribution in [0.15, 0.2) is 18.5 Å². The maximum Gasteiger partial charge on any atom is 0.407 e. The number of rotatable bonds is 14. The number of nitrogens with one attached hydrogen (secondary N) is 4. The van der Waals surface area contributed by atoms with E-state index in [2.05, 4.69) is 51.9 Å². The van der Waals surface area contributed by atoms with Gasteiger partial charge in [0.25, 0.3) is 0 Å². The number of H-pyrrole nitrogens is 2. The number of aromatic amines is 2. The van der Waals surface area contributed by atoms with Crippen LogP contribution >= 0.6 is 0 Å². The predicted molar refractivity (Wildman–Crippen MR) is 175 cm³/mol. The lowest BCUT2D eigenvalue weighted by molar-refractivity contribution is -0.135. The average molecular weight is 657 g/mol. The number of ether oxygens (including phenoxy) is 3. The number of likely N-dealkylation sites (N-methyl/N-ethyl adjacent to an activating group) is 2. The minimum atomic E-state index is -0.743. The number of alkyl carbamates (subject to hydrolysis) is 2. The lowest BCUT2D eigenvalue weighted by Crippen LogP contribution is -2.50. The van der Waals surface area contributed by atoms with Crippen molar-refractivity contribution in [2.45, 2.75) is 65.7 Å². The second-order valence-corrected chi connectivity index (χ2v) is 11.6. The van der Waals surface area contributed by atoms with Crippen LogP contribution in [0.3, 0.4) is 0 Å². The zero-order chi connectivity index (χ0) is 35.3. The van der Waals surface area contributed by atoms with Crippen molar-refractivity contribution in [2.75, 3.05) is 41.5 Å². The molecule has 0 saturated carbocycles. The number of carbonyl (C=O) groups is 4. The fourth-order valence-electron chi connectivity index (χ4n) is 4.33. The van der Waals surface area contributed by atoms with Gasteiger partial charge in [0.05, 0.1) is 51.0 Å². The van der Waals surface area contributed by atoms with Crippen LogP contribution in [-0.2, 0) is 23.8 Å². The van der Waals surface area contributed by atoms with E-state index >= 15 is 0 Å². The summed E-state index contributed by atoms with van der Waals surface area (Å²) in [6.07, 6.45) is 5.55. The van der Waals surface area contributed by atoms with Crippen LogP contribution in [0.5, 0.6) is 0 Å². The van der Waals surface area contributed by atoms with E-state index in [0.717, 1.165) is 5.69 Å². The molecule has 0 aliphatic carbocycles. The predicted octanol–water partition coefficient (Wildman–Crippen LogP) is 3.01. The normalized spacial score (nSPS) is 13.7. The van der Waals surface area contributed by atoms with Crippen molar-refractivity contribution in [3.63, 3.8) is 0 Å². The van der Waals surface area contributed by atoms with E-state index in [4.69, 9.17) is 4.74 Å². The Bertz CT molecular complexity index is 1440. The highest BCUT2D eigenvalue weighted by Gasteiger charge is 2.32. The summed E-state index contributed by atoms with van der Waals surface area (Å²) in [5.74, 6) is 6.23. The van der Waals surface area contributed by atoms with E-state index in [-0.39, 0.29) is 36.3 Å². The largest absolute Gasteiger partial charge is 0.453 e. The third-order valence-electron chi connectivity index (χ3n) is 7.55. The van der Waals surface area contributed by atoms with Crippen LogP contribution in [0.25, 0.3) is 6.08 Å². The second kappa shape index (κ2) is 18.3. The molecule has 0 radical (unpaired) electrons. The Balaban J connectivity index is 1.87. The van der Waals surface area contributed by atoms with Crippen molar-refractivity contribution in [3.05, 3.63) is 41.5 Å². The summed E-state index contributed by atoms with van der Waals surface area (Å²) in [5, 5.41) is 5.18. The minimum absolute atomic E-state index is 0.136. The van der Waals surface area contributed by atoms with Gasteiger partial charge in [-0.3, -0.25) is 9.59 Å². The van der Waals surface area contributed by atoms with Gasteiger partial charge in [-0.15, -0.1) is 0 Å². The van der Waals surface area contributed by atoms with E-state index in [0.29, 0.717) is 23.9 Å². The molecular weight excluding hydrogens is 608 g/mol. The summed E-state index contributed by atoms with van der Waals surface area (Å²) in [4.78, 5) is 67.6. The molecule has 2 rings (SSSR count). The molecule has 4 N–H and O–H groups in total. The number of hydrogen-bond donors (Lipinski definition) is 4. The summed E-state index contributed by atoms with van der Waals surface area (Å²) in [6.45, 7) is 11.5. The van der Waals surface area contributed by atoms with Crippen LogP contribution in [0.4, 0.5) is 9.59 Å². The Morgan fingerprint density at radius 2 is 1.32 bits per heavy atom. The quantitative estimate of drug-likeness (QED) is 0.175. The molecule has 0 aliphatic heterocycles. The van der Waals surface area contributed by atoms with E-state index in [1.165, 1.54) is 24.0 Å². The number of imidazole rings is 2. The highest BCUT2D eigenvalue weighted by Crippen LogP contribution is 2.20. The Morgan fingerprint density at radius 1 is 0.830 bits per heavy atom. The summed E-state index contributed by atoms with van der Waals surface area (Å²) in [5.41, 5.74) is 1.31. The summed E-state index contributed by atoms with van der Waals surface area (Å²) < 4.78 is 14.9. The molecule has 0 bridgehead atoms. The van der Waals surface area contributed by atoms with Crippen molar-refractivity contribution in [2.24, 2.45) is 11.8 Å². The molecule has 2 heterocycles. The van der Waals surface area contributed by atoms with E-state index in [9.17, 15) is 19.2 Å². The first kappa shape index (κ1) is 38.3. The summed E-state index contributed by atoms with van der Waals surface area (Å²) in [6, 6.07) is -2.24. The van der Waals surface area contributed by atoms with Crippen LogP contribution in [0.1, 0.15) is 76.7 Å². The SMILES string of the molecule is COC(=O)N[C@@H](C(=O)N(C)[C@H](C)c1ncc(C#CCOCC=Cc2cnc([C@@H](C)N(C)C(=O)[C@H](NC(=O)OC)C(C)C)[nH]2)[nH]1)C(C)C. The fraction of sp³-hybridized carbons (Fsp3) is 0.562. The molecule has 0 spiro atoms. The Hall–Kier alpha value is -4.84. The van der Waals surface area contributed by atoms with Crippen molar-refractivity contribution in [1.82, 2.24) is 40.4 Å². The summed E-state index contributed by atoms with van der Waals surface area (Å²) in [7, 11) is 5.81. The lowest BCUT2D eigenvalue weighted by atomic mass is 10.0. The van der Waals surface area contributed by atoms with Gasteiger partial charge < -0.3 is 44.6 Å². The first-order chi connectivity index (χ1) is 22.2. The number of methoxy groups -OCH3 is 2. The number of aromatic nitrogens is 4. The third-order valence-corrected chi connectivity index (χ3v) is 7.55. The maximum atomic E-state index is 13.0. The highest BCUT2D eigenvalue weighted by molar-refractivity contribution is 5.86. The van der Waals surface area contributed by atoms with E-state index in [1.807, 2.05) is 53.7 Å². The first-order valence-corrected chi connectivity index (χ1v) is 15.3. The van der Waals surface area contributed by atoms with Crippen LogP contribution < -0.4 is 10.6 Å². The first-order valence-electron chi connectivity index (χ1n) is 15.3. The van der Waals surface area contributed by atoms with Crippen LogP contribution in [-0.4, -0.2) is 107 Å². The fourth-order valence-corrected chi connectivity index (χ4v) is 4.33. The van der Waals surface area contributed by atoms with Crippen molar-refractivity contribution in [3.8, 4) is 11.8 Å². The molecule has 2 aromatic heterocycles. The minimum Gasteiger partial charge on any atom is -0.453 e. The van der Waals surface area contributed by atoms with Gasteiger partial charge in [0.15, 0.2) is 0 Å². The molecule has 0 aliphatic rings. The zero-order valence-electron chi connectivity index (χ0n) is 28.8. The monoisotopic (exact) mass is 656 g/mol. The molecule has 2 aromatic rings. The molecule has 4 amide bonds. The van der Waals surface area contributed by atoms with Crippen LogP contribution in [0, 0.1) is 23.7 Å². The summed E-state index contributed by atoms with van der Waals surface area (Å²) >= 11 is 0. The Labute approximate surface area is 276 Å². The Kier molecular flexibility index (Phi) is 15.0. The van der Waals surface area contributed by atoms with E-state index in [1.54, 1.807) is 26.5 Å². The molecule has 258 valence electrons. The zero-order valence-corrected chi connectivity index (χ0v) is 28.8. The van der Waals surface area contributed by atoms with Gasteiger partial charge in [0, 0.05) is 14.1 Å². The standard InChI is InChI=1S/C32H48N8O7/c1-19(2)25(37-31(43)45-9)29(41)39(7)21(5)27-33-17-23(35-27)13-11-15-47-16-12-14-24-18-34-28(36-24)22(6)40(8)30(42)26(20(3)4)38-32(44)46-10/h11,13,17-22,25-26H,15-16H2,1-10H3,(H,33,35)(H,34,36)(H,37,43)(H,38,44)/t21-,22-,25-,26-/m1/s1. The van der Waals surface area contributed by atoms with Crippen LogP contribution in [0.2, 0.25) is 0 Å². The highest BCUT2D eigenvalue weighted by atomic mass is 16.5. The molecule has 0 saturated heterocycles. The lowest BCUT2D eigenvalue weighted by Gasteiger charge is -2.29. The molecule has 0 aromatic carbocycles. The molecule has 15 nitrogen and oxygen atoms in total. The smallest absolute Gasteiger partial charge is 0.407 e. The van der Waals surface area contributed by atoms with Gasteiger partial charge in [0.2, 0.25) is 11.8 Å². The van der Waals surface area contributed by atoms with Gasteiger partial charge in [-0.2, -0.15) is 0 Å². The number of nitrogens with zero attached hydrogens (tertiary/aromatic N) is 4. The van der Waals surface area contributed by atoms with Crippen molar-refractivity contribution in [1.29, 1.82) is 0 Å². The molecular formula is C32H48N8O7. The molecule has 0 fully saturated rings. The van der Waals surface area contributed by atoms with Gasteiger partial charge >= 0.3 is 12.2 Å². The van der Waals surface area contributed by atoms with E-state index < -0.39 is 30.3 Å². The van der Waals surface area contributed by atoms with Gasteiger partial charge in [-0.1, -0.05) is 39.7 Å². The second-order valence-electron chi connectivity index (χ2n) is 11.6. The third kappa shape index (κ3) is 11.2. The number of amides is 4. The van der Waals surface area contributed by atoms with Gasteiger partial charge in [-0.25, -0.2) is 19.6 Å². The Morgan fingerprint density at radius 3 is 1.81 bits per heavy atom. The topological polar surface area (TPSA) is 184 Å². The average Bonchev–Trinajstić information content (AvgIpc) is 3.73. The number of carbonyl (C=O) groups excluding carboxylic acids is 4. The molecule has 0 unspecified atom stereocenters. The maximum absolute atomic E-state index is 13.0. The number of hydrogen-bond acceptors (Lipinski definition) is 9. The van der Waals surface area contributed by atoms with Crippen molar-refractivity contribution < 1.29 is 33.4 Å². The molecule has 15 heteroatoms. The molecule has 47 heavy (non-hydrogen) atoms. The van der Waals surface area contributed by atoms with Gasteiger partial charge in [0.1, 0.15) is 36.0 Å². The van der Waals surface area contributed by atoms with Gasteiger partial charge in [-0.05, 0) is 37.7 Å².